The molecule has 2 heterocycles. The molecular formula is C17H15ClN4O. The maximum absolute atomic E-state index is 12.5. The lowest BCUT2D eigenvalue weighted by Crippen LogP contribution is -2.14. The highest BCUT2D eigenvalue weighted by Gasteiger charge is 2.13. The molecule has 1 N–H and O–H groups in total. The molecule has 23 heavy (non-hydrogen) atoms. The number of nitrogens with zero attached hydrogens (tertiary/aromatic N) is 3. The van der Waals surface area contributed by atoms with Gasteiger partial charge in [0.1, 0.15) is 0 Å². The van der Waals surface area contributed by atoms with Gasteiger partial charge < -0.3 is 5.32 Å². The summed E-state index contributed by atoms with van der Waals surface area (Å²) in [6, 6.07) is 10.9. The maximum atomic E-state index is 12.5. The molecule has 0 aliphatic carbocycles. The first-order valence-electron chi connectivity index (χ1n) is 7.10. The molecule has 116 valence electrons. The zero-order valence-corrected chi connectivity index (χ0v) is 13.5. The largest absolute Gasteiger partial charge is 0.319 e. The first kappa shape index (κ1) is 15.2. The van der Waals surface area contributed by atoms with Gasteiger partial charge in [-0.2, -0.15) is 5.10 Å². The summed E-state index contributed by atoms with van der Waals surface area (Å²) in [6.45, 7) is 3.74. The molecule has 0 fully saturated rings. The lowest BCUT2D eigenvalue weighted by Gasteiger charge is -2.11. The van der Waals surface area contributed by atoms with Gasteiger partial charge in [0.05, 0.1) is 11.4 Å². The monoisotopic (exact) mass is 326 g/mol. The second-order valence-corrected chi connectivity index (χ2v) is 5.56. The van der Waals surface area contributed by atoms with Crippen molar-refractivity contribution in [2.45, 2.75) is 13.8 Å². The molecule has 2 aromatic heterocycles. The first-order chi connectivity index (χ1) is 11.0. The van der Waals surface area contributed by atoms with Crippen molar-refractivity contribution >= 4 is 23.2 Å². The summed E-state index contributed by atoms with van der Waals surface area (Å²) in [4.78, 5) is 16.7. The quantitative estimate of drug-likeness (QED) is 0.745. The van der Waals surface area contributed by atoms with Gasteiger partial charge in [0, 0.05) is 23.7 Å². The molecule has 3 aromatic rings. The van der Waals surface area contributed by atoms with Crippen LogP contribution in [0.5, 0.6) is 0 Å². The van der Waals surface area contributed by atoms with E-state index in [1.165, 1.54) is 0 Å². The lowest BCUT2D eigenvalue weighted by atomic mass is 10.1. The number of hydrogen-bond acceptors (Lipinski definition) is 3. The van der Waals surface area contributed by atoms with E-state index >= 15 is 0 Å². The molecule has 0 atom stereocenters. The highest BCUT2D eigenvalue weighted by molar-refractivity contribution is 6.33. The van der Waals surface area contributed by atoms with Crippen molar-refractivity contribution in [2.75, 3.05) is 5.32 Å². The minimum Gasteiger partial charge on any atom is -0.319 e. The number of halogens is 1. The topological polar surface area (TPSA) is 59.8 Å². The Hall–Kier alpha value is -2.66. The van der Waals surface area contributed by atoms with Crippen LogP contribution in [0.3, 0.4) is 0 Å². The van der Waals surface area contributed by atoms with Gasteiger partial charge in [0.15, 0.2) is 5.15 Å². The Morgan fingerprint density at radius 1 is 1.22 bits per heavy atom. The van der Waals surface area contributed by atoms with Crippen molar-refractivity contribution in [3.05, 3.63) is 70.8 Å². The van der Waals surface area contributed by atoms with E-state index < -0.39 is 0 Å². The Bertz CT molecular complexity index is 836. The molecule has 0 aliphatic heterocycles. The second kappa shape index (κ2) is 6.22. The number of pyridine rings is 1. The molecule has 0 bridgehead atoms. The first-order valence-corrected chi connectivity index (χ1v) is 7.47. The molecule has 0 radical (unpaired) electrons. The van der Waals surface area contributed by atoms with E-state index in [0.717, 1.165) is 16.9 Å². The zero-order chi connectivity index (χ0) is 16.4. The molecule has 0 spiro atoms. The Morgan fingerprint density at radius 2 is 2.04 bits per heavy atom. The van der Waals surface area contributed by atoms with Crippen LogP contribution in [0, 0.1) is 13.8 Å². The van der Waals surface area contributed by atoms with E-state index in [1.807, 2.05) is 44.3 Å². The van der Waals surface area contributed by atoms with Crippen LogP contribution in [0.15, 0.2) is 48.8 Å². The predicted octanol–water partition coefficient (Wildman–Crippen LogP) is 3.79. The second-order valence-electron chi connectivity index (χ2n) is 5.20. The lowest BCUT2D eigenvalue weighted by molar-refractivity contribution is 0.102. The van der Waals surface area contributed by atoms with E-state index in [-0.39, 0.29) is 5.91 Å². The molecule has 5 nitrogen and oxygen atoms in total. The van der Waals surface area contributed by atoms with Crippen molar-refractivity contribution in [3.8, 4) is 5.69 Å². The molecule has 0 unspecified atom stereocenters. The number of rotatable bonds is 3. The van der Waals surface area contributed by atoms with E-state index in [9.17, 15) is 4.79 Å². The van der Waals surface area contributed by atoms with Gasteiger partial charge in [0.25, 0.3) is 5.91 Å². The van der Waals surface area contributed by atoms with Crippen LogP contribution >= 0.6 is 11.6 Å². The number of anilines is 1. The number of amides is 1. The van der Waals surface area contributed by atoms with Crippen molar-refractivity contribution in [1.82, 2.24) is 14.8 Å². The molecule has 1 aromatic carbocycles. The normalized spacial score (nSPS) is 10.6. The molecule has 0 saturated heterocycles. The summed E-state index contributed by atoms with van der Waals surface area (Å²) in [5.74, 6) is -0.241. The molecule has 0 saturated carbocycles. The third-order valence-corrected chi connectivity index (χ3v) is 3.69. The molecule has 0 aliphatic rings. The Labute approximate surface area is 138 Å². The summed E-state index contributed by atoms with van der Waals surface area (Å²) < 4.78 is 1.70. The van der Waals surface area contributed by atoms with Gasteiger partial charge in [-0.15, -0.1) is 0 Å². The third kappa shape index (κ3) is 3.24. The standard InChI is InChI=1S/C17H15ClN4O/c1-11-9-12(2)20-16(18)15(11)21-17(23)13-5-3-6-14(10-13)22-8-4-7-19-22/h3-10H,1-2H3,(H,21,23). The summed E-state index contributed by atoms with van der Waals surface area (Å²) in [7, 11) is 0. The smallest absolute Gasteiger partial charge is 0.255 e. The van der Waals surface area contributed by atoms with Crippen molar-refractivity contribution in [3.63, 3.8) is 0 Å². The Kier molecular flexibility index (Phi) is 4.12. The van der Waals surface area contributed by atoms with E-state index in [2.05, 4.69) is 15.4 Å². The van der Waals surface area contributed by atoms with E-state index in [0.29, 0.717) is 16.4 Å². The summed E-state index contributed by atoms with van der Waals surface area (Å²) in [5, 5.41) is 7.28. The van der Waals surface area contributed by atoms with Gasteiger partial charge in [0.2, 0.25) is 0 Å². The number of aryl methyl sites for hydroxylation is 2. The van der Waals surface area contributed by atoms with Crippen LogP contribution in [-0.4, -0.2) is 20.7 Å². The molecule has 1 amide bonds. The fraction of sp³-hybridized carbons (Fsp3) is 0.118. The van der Waals surface area contributed by atoms with Crippen LogP contribution in [0.25, 0.3) is 5.69 Å². The number of nitrogens with one attached hydrogen (secondary N) is 1. The van der Waals surface area contributed by atoms with Crippen molar-refractivity contribution in [2.24, 2.45) is 0 Å². The minimum absolute atomic E-state index is 0.241. The van der Waals surface area contributed by atoms with Gasteiger partial charge in [-0.25, -0.2) is 9.67 Å². The van der Waals surface area contributed by atoms with Gasteiger partial charge in [-0.1, -0.05) is 17.7 Å². The van der Waals surface area contributed by atoms with E-state index in [1.54, 1.807) is 23.0 Å². The van der Waals surface area contributed by atoms with Crippen LogP contribution in [-0.2, 0) is 0 Å². The SMILES string of the molecule is Cc1cc(C)c(NC(=O)c2cccc(-n3cccn3)c2)c(Cl)n1. The number of aromatic nitrogens is 3. The van der Waals surface area contributed by atoms with Gasteiger partial charge >= 0.3 is 0 Å². The Balaban J connectivity index is 1.89. The fourth-order valence-corrected chi connectivity index (χ4v) is 2.67. The fourth-order valence-electron chi connectivity index (χ4n) is 2.34. The van der Waals surface area contributed by atoms with Crippen LogP contribution in [0.1, 0.15) is 21.6 Å². The van der Waals surface area contributed by atoms with Crippen LogP contribution in [0.2, 0.25) is 5.15 Å². The highest BCUT2D eigenvalue weighted by atomic mass is 35.5. The number of benzene rings is 1. The van der Waals surface area contributed by atoms with Gasteiger partial charge in [-0.05, 0) is 49.7 Å². The van der Waals surface area contributed by atoms with Gasteiger partial charge in [-0.3, -0.25) is 4.79 Å². The number of carbonyl (C=O) groups excluding carboxylic acids is 1. The Morgan fingerprint density at radius 3 is 2.74 bits per heavy atom. The van der Waals surface area contributed by atoms with Crippen molar-refractivity contribution in [1.29, 1.82) is 0 Å². The predicted molar refractivity (Wildman–Crippen MR) is 90.2 cm³/mol. The highest BCUT2D eigenvalue weighted by Crippen LogP contribution is 2.25. The van der Waals surface area contributed by atoms with Crippen LogP contribution < -0.4 is 5.32 Å². The third-order valence-electron chi connectivity index (χ3n) is 3.42. The molecule has 3 rings (SSSR count). The zero-order valence-electron chi connectivity index (χ0n) is 12.7. The van der Waals surface area contributed by atoms with Crippen molar-refractivity contribution < 1.29 is 4.79 Å². The minimum atomic E-state index is -0.241. The summed E-state index contributed by atoms with van der Waals surface area (Å²) >= 11 is 6.14. The number of carbonyl (C=O) groups is 1. The summed E-state index contributed by atoms with van der Waals surface area (Å²) in [5.41, 5.74) is 3.55. The van der Waals surface area contributed by atoms with E-state index in [4.69, 9.17) is 11.6 Å². The summed E-state index contributed by atoms with van der Waals surface area (Å²) in [6.07, 6.45) is 3.51. The maximum Gasteiger partial charge on any atom is 0.255 e. The molecular weight excluding hydrogens is 312 g/mol. The van der Waals surface area contributed by atoms with Crippen LogP contribution in [0.4, 0.5) is 5.69 Å². The average Bonchev–Trinajstić information content (AvgIpc) is 3.05. The number of hydrogen-bond donors (Lipinski definition) is 1. The average molecular weight is 327 g/mol. The molecule has 6 heteroatoms.